The minimum Gasteiger partial charge on any atom is -0.493 e. The van der Waals surface area contributed by atoms with Crippen LogP contribution in [0.15, 0.2) is 36.1 Å². The Morgan fingerprint density at radius 2 is 2.22 bits per heavy atom. The number of hydrogen-bond donors (Lipinski definition) is 1. The van der Waals surface area contributed by atoms with Crippen LogP contribution >= 0.6 is 0 Å². The predicted molar refractivity (Wildman–Crippen MR) is 92.4 cm³/mol. The molecule has 0 aliphatic rings. The third-order valence-electron chi connectivity index (χ3n) is 3.19. The zero-order chi connectivity index (χ0) is 16.8. The average molecular weight is 314 g/mol. The summed E-state index contributed by atoms with van der Waals surface area (Å²) in [5.41, 5.74) is 8.48. The van der Waals surface area contributed by atoms with Gasteiger partial charge in [-0.2, -0.15) is 5.10 Å². The molecule has 6 heteroatoms. The standard InChI is InChI=1S/C17H22N4O2/c1-5-7-14-8-13(9-15(23-6-2)16(14)22-4)10-19-21-11-12(3)20-17(21)18/h5,8-11H,1,6-7H2,2-4H3,(H2,18,20). The van der Waals surface area contributed by atoms with Crippen molar-refractivity contribution < 1.29 is 9.47 Å². The Bertz CT molecular complexity index is 720. The number of imidazole rings is 1. The van der Waals surface area contributed by atoms with Gasteiger partial charge >= 0.3 is 0 Å². The summed E-state index contributed by atoms with van der Waals surface area (Å²) in [4.78, 5) is 4.11. The Hall–Kier alpha value is -2.76. The Balaban J connectivity index is 2.41. The molecule has 1 heterocycles. The summed E-state index contributed by atoms with van der Waals surface area (Å²) in [6, 6.07) is 3.88. The largest absolute Gasteiger partial charge is 0.493 e. The Kier molecular flexibility index (Phi) is 5.41. The molecule has 0 aliphatic carbocycles. The molecule has 6 nitrogen and oxygen atoms in total. The maximum Gasteiger partial charge on any atom is 0.221 e. The zero-order valence-electron chi connectivity index (χ0n) is 13.7. The number of allylic oxidation sites excluding steroid dienone is 1. The second-order valence-electron chi connectivity index (χ2n) is 4.97. The lowest BCUT2D eigenvalue weighted by atomic mass is 10.1. The molecule has 0 saturated carbocycles. The fourth-order valence-electron chi connectivity index (χ4n) is 2.28. The maximum atomic E-state index is 5.79. The highest BCUT2D eigenvalue weighted by molar-refractivity contribution is 5.81. The van der Waals surface area contributed by atoms with Crippen LogP contribution in [0.3, 0.4) is 0 Å². The highest BCUT2D eigenvalue weighted by Crippen LogP contribution is 2.33. The van der Waals surface area contributed by atoms with Gasteiger partial charge in [0.1, 0.15) is 0 Å². The lowest BCUT2D eigenvalue weighted by molar-refractivity contribution is 0.309. The zero-order valence-corrected chi connectivity index (χ0v) is 13.7. The Morgan fingerprint density at radius 1 is 1.43 bits per heavy atom. The molecule has 1 aromatic carbocycles. The van der Waals surface area contributed by atoms with Crippen LogP contribution in [0.1, 0.15) is 23.7 Å². The van der Waals surface area contributed by atoms with Crippen LogP contribution in [0.4, 0.5) is 5.95 Å². The van der Waals surface area contributed by atoms with Crippen molar-refractivity contribution in [3.05, 3.63) is 47.8 Å². The van der Waals surface area contributed by atoms with Crippen molar-refractivity contribution in [2.45, 2.75) is 20.3 Å². The van der Waals surface area contributed by atoms with Crippen LogP contribution in [0, 0.1) is 6.92 Å². The molecule has 2 N–H and O–H groups in total. The average Bonchev–Trinajstić information content (AvgIpc) is 2.83. The van der Waals surface area contributed by atoms with Gasteiger partial charge in [-0.05, 0) is 38.0 Å². The number of nitrogens with two attached hydrogens (primary N) is 1. The van der Waals surface area contributed by atoms with Crippen LogP contribution in [-0.2, 0) is 6.42 Å². The molecule has 0 fully saturated rings. The number of aromatic nitrogens is 2. The lowest BCUT2D eigenvalue weighted by Crippen LogP contribution is -2.01. The molecule has 0 spiro atoms. The number of rotatable bonds is 7. The summed E-state index contributed by atoms with van der Waals surface area (Å²) >= 11 is 0. The number of methoxy groups -OCH3 is 1. The second-order valence-corrected chi connectivity index (χ2v) is 4.97. The second kappa shape index (κ2) is 7.49. The van der Waals surface area contributed by atoms with Crippen molar-refractivity contribution in [1.29, 1.82) is 0 Å². The number of nitrogens with zero attached hydrogens (tertiary/aromatic N) is 3. The van der Waals surface area contributed by atoms with E-state index in [1.807, 2.05) is 32.1 Å². The van der Waals surface area contributed by atoms with E-state index < -0.39 is 0 Å². The smallest absolute Gasteiger partial charge is 0.221 e. The van der Waals surface area contributed by atoms with Crippen molar-refractivity contribution in [3.63, 3.8) is 0 Å². The molecule has 0 saturated heterocycles. The van der Waals surface area contributed by atoms with Gasteiger partial charge in [0.05, 0.1) is 31.8 Å². The quantitative estimate of drug-likeness (QED) is 0.630. The first-order chi connectivity index (χ1) is 11.1. The number of nitrogen functional groups attached to an aromatic ring is 1. The van der Waals surface area contributed by atoms with E-state index in [1.165, 1.54) is 4.68 Å². The van der Waals surface area contributed by atoms with Crippen molar-refractivity contribution in [2.75, 3.05) is 19.5 Å². The first-order valence-electron chi connectivity index (χ1n) is 7.39. The van der Waals surface area contributed by atoms with Gasteiger partial charge in [-0.3, -0.25) is 0 Å². The van der Waals surface area contributed by atoms with Gasteiger partial charge in [-0.25, -0.2) is 9.66 Å². The molecule has 0 atom stereocenters. The van der Waals surface area contributed by atoms with Gasteiger partial charge in [0.25, 0.3) is 0 Å². The minimum atomic E-state index is 0.351. The van der Waals surface area contributed by atoms with Crippen LogP contribution < -0.4 is 15.2 Å². The summed E-state index contributed by atoms with van der Waals surface area (Å²) in [5, 5.41) is 4.34. The minimum absolute atomic E-state index is 0.351. The molecular formula is C17H22N4O2. The van der Waals surface area contributed by atoms with Crippen molar-refractivity contribution in [2.24, 2.45) is 5.10 Å². The summed E-state index contributed by atoms with van der Waals surface area (Å²) in [7, 11) is 1.63. The lowest BCUT2D eigenvalue weighted by Gasteiger charge is -2.14. The topological polar surface area (TPSA) is 74.7 Å². The normalized spacial score (nSPS) is 10.9. The van der Waals surface area contributed by atoms with E-state index in [-0.39, 0.29) is 0 Å². The molecule has 122 valence electrons. The van der Waals surface area contributed by atoms with E-state index in [1.54, 1.807) is 19.5 Å². The summed E-state index contributed by atoms with van der Waals surface area (Å²) in [6.07, 6.45) is 5.98. The van der Waals surface area contributed by atoms with E-state index in [9.17, 15) is 0 Å². The molecule has 23 heavy (non-hydrogen) atoms. The van der Waals surface area contributed by atoms with Crippen molar-refractivity contribution in [3.8, 4) is 11.5 Å². The third-order valence-corrected chi connectivity index (χ3v) is 3.19. The van der Waals surface area contributed by atoms with Crippen LogP contribution in [0.25, 0.3) is 0 Å². The van der Waals surface area contributed by atoms with E-state index in [0.717, 1.165) is 22.6 Å². The monoisotopic (exact) mass is 314 g/mol. The van der Waals surface area contributed by atoms with Gasteiger partial charge in [0.15, 0.2) is 11.5 Å². The molecule has 0 amide bonds. The molecule has 0 unspecified atom stereocenters. The molecule has 2 rings (SSSR count). The predicted octanol–water partition coefficient (Wildman–Crippen LogP) is 2.79. The number of benzene rings is 1. The van der Waals surface area contributed by atoms with Gasteiger partial charge in [-0.1, -0.05) is 6.08 Å². The van der Waals surface area contributed by atoms with E-state index in [4.69, 9.17) is 15.2 Å². The summed E-state index contributed by atoms with van der Waals surface area (Å²) in [6.45, 7) is 8.14. The molecule has 2 aromatic rings. The molecular weight excluding hydrogens is 292 g/mol. The first kappa shape index (κ1) is 16.6. The van der Waals surface area contributed by atoms with E-state index >= 15 is 0 Å². The van der Waals surface area contributed by atoms with Crippen LogP contribution in [0.2, 0.25) is 0 Å². The van der Waals surface area contributed by atoms with Crippen LogP contribution in [-0.4, -0.2) is 29.6 Å². The van der Waals surface area contributed by atoms with Gasteiger partial charge in [0.2, 0.25) is 5.95 Å². The van der Waals surface area contributed by atoms with Gasteiger partial charge in [0, 0.05) is 5.56 Å². The maximum absolute atomic E-state index is 5.79. The number of aryl methyl sites for hydroxylation is 1. The fraction of sp³-hybridized carbons (Fsp3) is 0.294. The summed E-state index contributed by atoms with van der Waals surface area (Å²) in [5.74, 6) is 1.76. The van der Waals surface area contributed by atoms with Crippen LogP contribution in [0.5, 0.6) is 11.5 Å². The van der Waals surface area contributed by atoms with Crippen molar-refractivity contribution >= 4 is 12.2 Å². The third kappa shape index (κ3) is 3.91. The molecule has 0 aliphatic heterocycles. The summed E-state index contributed by atoms with van der Waals surface area (Å²) < 4.78 is 12.7. The van der Waals surface area contributed by atoms with Gasteiger partial charge < -0.3 is 15.2 Å². The van der Waals surface area contributed by atoms with E-state index in [0.29, 0.717) is 24.7 Å². The fourth-order valence-corrected chi connectivity index (χ4v) is 2.28. The van der Waals surface area contributed by atoms with E-state index in [2.05, 4.69) is 16.7 Å². The first-order valence-corrected chi connectivity index (χ1v) is 7.39. The SMILES string of the molecule is C=CCc1cc(C=Nn2cc(C)nc2N)cc(OCC)c1OC. The number of anilines is 1. The molecule has 0 bridgehead atoms. The highest BCUT2D eigenvalue weighted by atomic mass is 16.5. The van der Waals surface area contributed by atoms with Crippen molar-refractivity contribution in [1.82, 2.24) is 9.66 Å². The Labute approximate surface area is 136 Å². The number of hydrogen-bond acceptors (Lipinski definition) is 5. The highest BCUT2D eigenvalue weighted by Gasteiger charge is 2.11. The molecule has 1 aromatic heterocycles. The number of ether oxygens (including phenoxy) is 2. The Morgan fingerprint density at radius 3 is 2.78 bits per heavy atom. The van der Waals surface area contributed by atoms with Gasteiger partial charge in [-0.15, -0.1) is 6.58 Å². The molecule has 0 radical (unpaired) electrons.